The number of ketones is 1. The van der Waals surface area contributed by atoms with E-state index in [0.717, 1.165) is 25.7 Å². The second-order valence-electron chi connectivity index (χ2n) is 9.85. The Kier molecular flexibility index (Phi) is 5.72. The number of fused-ring (bicyclic) bond motifs is 2. The van der Waals surface area contributed by atoms with E-state index in [1.54, 1.807) is 19.9 Å². The van der Waals surface area contributed by atoms with Crippen LogP contribution < -0.4 is 0 Å². The Labute approximate surface area is 187 Å². The Morgan fingerprint density at radius 1 is 1.22 bits per heavy atom. The average molecular weight is 449 g/mol. The largest absolute Gasteiger partial charge is 0.464 e. The molecule has 1 N–H and O–H groups in total. The van der Waals surface area contributed by atoms with Crippen molar-refractivity contribution in [3.05, 3.63) is 12.2 Å². The molecule has 8 heteroatoms. The Balaban J connectivity index is 1.64. The molecular weight excluding hydrogens is 416 g/mol. The maximum atomic E-state index is 13.0. The van der Waals surface area contributed by atoms with E-state index in [2.05, 4.69) is 6.92 Å². The van der Waals surface area contributed by atoms with E-state index in [1.807, 2.05) is 0 Å². The minimum atomic E-state index is -1.85. The Morgan fingerprint density at radius 2 is 1.97 bits per heavy atom. The zero-order valence-electron chi connectivity index (χ0n) is 18.9. The van der Waals surface area contributed by atoms with Gasteiger partial charge in [0.2, 0.25) is 6.10 Å². The van der Waals surface area contributed by atoms with Crippen LogP contribution in [0.2, 0.25) is 0 Å². The van der Waals surface area contributed by atoms with Gasteiger partial charge in [-0.05, 0) is 19.3 Å². The van der Waals surface area contributed by atoms with Crippen LogP contribution in [-0.4, -0.2) is 53.2 Å². The van der Waals surface area contributed by atoms with Crippen LogP contribution in [-0.2, 0) is 33.4 Å². The molecule has 2 bridgehead atoms. The van der Waals surface area contributed by atoms with Crippen LogP contribution in [0, 0.1) is 22.7 Å². The number of cyclic esters (lactones) is 1. The highest BCUT2D eigenvalue weighted by atomic mass is 16.6. The van der Waals surface area contributed by atoms with E-state index in [9.17, 15) is 24.3 Å². The van der Waals surface area contributed by atoms with E-state index < -0.39 is 58.4 Å². The van der Waals surface area contributed by atoms with E-state index in [4.69, 9.17) is 14.2 Å². The van der Waals surface area contributed by atoms with Crippen molar-refractivity contribution >= 4 is 23.7 Å². The van der Waals surface area contributed by atoms with Crippen molar-refractivity contribution in [3.8, 4) is 0 Å². The van der Waals surface area contributed by atoms with Gasteiger partial charge >= 0.3 is 17.9 Å². The summed E-state index contributed by atoms with van der Waals surface area (Å²) in [6, 6.07) is 0. The highest BCUT2D eigenvalue weighted by Crippen LogP contribution is 2.70. The molecule has 2 saturated carbocycles. The zero-order valence-corrected chi connectivity index (χ0v) is 18.9. The number of esters is 3. The highest BCUT2D eigenvalue weighted by Gasteiger charge is 2.85. The van der Waals surface area contributed by atoms with Gasteiger partial charge in [-0.1, -0.05) is 46.1 Å². The lowest BCUT2D eigenvalue weighted by Crippen LogP contribution is -2.80. The van der Waals surface area contributed by atoms with E-state index in [0.29, 0.717) is 6.42 Å². The minimum Gasteiger partial charge on any atom is -0.464 e. The van der Waals surface area contributed by atoms with Gasteiger partial charge in [0.1, 0.15) is 29.5 Å². The lowest BCUT2D eigenvalue weighted by molar-refractivity contribution is -0.322. The van der Waals surface area contributed by atoms with Crippen molar-refractivity contribution in [3.63, 3.8) is 0 Å². The molecule has 0 aromatic heterocycles. The fraction of sp³-hybridized carbons (Fsp3) is 0.750. The monoisotopic (exact) mass is 448 g/mol. The minimum absolute atomic E-state index is 0.0579. The van der Waals surface area contributed by atoms with Crippen LogP contribution in [0.15, 0.2) is 12.2 Å². The number of hydrogen-bond donors (Lipinski definition) is 1. The molecule has 2 aliphatic carbocycles. The fourth-order valence-electron chi connectivity index (χ4n) is 6.52. The van der Waals surface area contributed by atoms with Crippen LogP contribution in [0.5, 0.6) is 0 Å². The number of Topliss-reactive ketones (excluding diaryl/α,β-unsaturated/α-hetero) is 1. The first-order valence-corrected chi connectivity index (χ1v) is 11.7. The van der Waals surface area contributed by atoms with Gasteiger partial charge in [-0.3, -0.25) is 9.59 Å². The number of ether oxygens (including phenoxy) is 3. The van der Waals surface area contributed by atoms with Gasteiger partial charge in [0.25, 0.3) is 0 Å². The molecule has 0 amide bonds. The average Bonchev–Trinajstić information content (AvgIpc) is 2.93. The van der Waals surface area contributed by atoms with Crippen LogP contribution >= 0.6 is 0 Å². The SMILES string of the molecule is CCCCCC/C=C/C(=O)O[C@H]1C(=O)O[C@@H]2C[C@]13[C@H](C)C(=O)C[C@]3(O)[C@]1(COC1=O)[C@@H]2C. The standard InChI is InChI=1S/C24H32O8/c1-4-5-6-7-8-9-10-18(26)32-19-20(27)31-17-12-22(19)14(2)16(25)11-24(22,29)23(15(17)3)13-30-21(23)28/h9-10,14-15,17,19,29H,4-8,11-13H2,1-3H3/b10-9+/t14-,15-,17-,19+,22+,23-,24-/m1/s1. The highest BCUT2D eigenvalue weighted by molar-refractivity contribution is 5.95. The number of unbranched alkanes of at least 4 members (excludes halogenated alkanes) is 4. The van der Waals surface area contributed by atoms with Gasteiger partial charge in [0.15, 0.2) is 0 Å². The molecule has 0 unspecified atom stereocenters. The summed E-state index contributed by atoms with van der Waals surface area (Å²) in [5.74, 6) is -3.67. The van der Waals surface area contributed by atoms with Gasteiger partial charge in [-0.2, -0.15) is 0 Å². The summed E-state index contributed by atoms with van der Waals surface area (Å²) in [6.45, 7) is 5.43. The maximum absolute atomic E-state index is 13.0. The van der Waals surface area contributed by atoms with Crippen molar-refractivity contribution in [1.29, 1.82) is 0 Å². The Bertz CT molecular complexity index is 864. The van der Waals surface area contributed by atoms with Gasteiger partial charge in [0.05, 0.1) is 5.41 Å². The summed E-state index contributed by atoms with van der Waals surface area (Å²) in [6.07, 6.45) is 5.68. The van der Waals surface area contributed by atoms with Crippen molar-refractivity contribution in [2.24, 2.45) is 22.7 Å². The van der Waals surface area contributed by atoms with Gasteiger partial charge < -0.3 is 19.3 Å². The summed E-state index contributed by atoms with van der Waals surface area (Å²) in [5, 5.41) is 12.0. The smallest absolute Gasteiger partial charge is 0.348 e. The summed E-state index contributed by atoms with van der Waals surface area (Å²) in [7, 11) is 0. The van der Waals surface area contributed by atoms with Crippen LogP contribution in [0.25, 0.3) is 0 Å². The van der Waals surface area contributed by atoms with Crippen LogP contribution in [0.3, 0.4) is 0 Å². The molecule has 2 saturated heterocycles. The van der Waals surface area contributed by atoms with E-state index in [1.165, 1.54) is 6.08 Å². The molecule has 4 aliphatic rings. The summed E-state index contributed by atoms with van der Waals surface area (Å²) >= 11 is 0. The second kappa shape index (κ2) is 7.97. The maximum Gasteiger partial charge on any atom is 0.348 e. The number of aliphatic hydroxyl groups is 1. The molecule has 0 aromatic rings. The molecule has 8 nitrogen and oxygen atoms in total. The third kappa shape index (κ3) is 2.84. The summed E-state index contributed by atoms with van der Waals surface area (Å²) in [4.78, 5) is 51.2. The number of carbonyl (C=O) groups is 4. The zero-order chi connectivity index (χ0) is 23.3. The summed E-state index contributed by atoms with van der Waals surface area (Å²) in [5.41, 5.74) is -4.65. The van der Waals surface area contributed by atoms with Crippen molar-refractivity contribution in [2.45, 2.75) is 83.5 Å². The number of rotatable bonds is 7. The second-order valence-corrected chi connectivity index (χ2v) is 9.85. The Morgan fingerprint density at radius 3 is 2.59 bits per heavy atom. The molecule has 4 fully saturated rings. The molecule has 0 aromatic carbocycles. The van der Waals surface area contributed by atoms with Gasteiger partial charge in [0, 0.05) is 24.3 Å². The lowest BCUT2D eigenvalue weighted by atomic mass is 9.43. The molecule has 2 heterocycles. The number of allylic oxidation sites excluding steroid dienone is 1. The van der Waals surface area contributed by atoms with Crippen molar-refractivity contribution in [1.82, 2.24) is 0 Å². The molecular formula is C24H32O8. The predicted octanol–water partition coefficient (Wildman–Crippen LogP) is 2.26. The molecule has 176 valence electrons. The van der Waals surface area contributed by atoms with E-state index >= 15 is 0 Å². The predicted molar refractivity (Wildman–Crippen MR) is 111 cm³/mol. The third-order valence-corrected chi connectivity index (χ3v) is 8.52. The Hall–Kier alpha value is -2.22. The topological polar surface area (TPSA) is 116 Å². The molecule has 2 aliphatic heterocycles. The first-order valence-electron chi connectivity index (χ1n) is 11.7. The van der Waals surface area contributed by atoms with Crippen LogP contribution in [0.1, 0.15) is 65.7 Å². The molecule has 32 heavy (non-hydrogen) atoms. The molecule has 4 rings (SSSR count). The van der Waals surface area contributed by atoms with Gasteiger partial charge in [-0.15, -0.1) is 0 Å². The van der Waals surface area contributed by atoms with E-state index in [-0.39, 0.29) is 25.2 Å². The first kappa shape index (κ1) is 23.0. The van der Waals surface area contributed by atoms with Crippen molar-refractivity contribution < 1.29 is 38.5 Å². The molecule has 0 radical (unpaired) electrons. The first-order chi connectivity index (χ1) is 15.2. The van der Waals surface area contributed by atoms with Gasteiger partial charge in [-0.25, -0.2) is 9.59 Å². The van der Waals surface area contributed by atoms with Crippen molar-refractivity contribution in [2.75, 3.05) is 6.61 Å². The fourth-order valence-corrected chi connectivity index (χ4v) is 6.52. The van der Waals surface area contributed by atoms with Crippen LogP contribution in [0.4, 0.5) is 0 Å². The molecule has 7 atom stereocenters. The number of hydrogen-bond acceptors (Lipinski definition) is 8. The number of carbonyl (C=O) groups excluding carboxylic acids is 4. The normalized spacial score (nSPS) is 42.4. The summed E-state index contributed by atoms with van der Waals surface area (Å²) < 4.78 is 16.2. The third-order valence-electron chi connectivity index (χ3n) is 8.52. The quantitative estimate of drug-likeness (QED) is 0.273. The lowest BCUT2D eigenvalue weighted by Gasteiger charge is -2.66. The molecule has 2 spiro atoms.